The van der Waals surface area contributed by atoms with Crippen molar-refractivity contribution in [1.29, 1.82) is 0 Å². The van der Waals surface area contributed by atoms with Gasteiger partial charge < -0.3 is 25.2 Å². The van der Waals surface area contributed by atoms with Crippen LogP contribution < -0.4 is 10.6 Å². The van der Waals surface area contributed by atoms with Crippen LogP contribution in [0.5, 0.6) is 0 Å². The Bertz CT molecular complexity index is 844. The number of carbonyl (C=O) groups is 2. The molecular weight excluding hydrogens is 444 g/mol. The van der Waals surface area contributed by atoms with Gasteiger partial charge in [0.1, 0.15) is 18.0 Å². The van der Waals surface area contributed by atoms with Crippen LogP contribution in [0.2, 0.25) is 0 Å². The van der Waals surface area contributed by atoms with E-state index >= 15 is 0 Å². The van der Waals surface area contributed by atoms with Crippen LogP contribution in [0.4, 0.5) is 0 Å². The van der Waals surface area contributed by atoms with Gasteiger partial charge in [0, 0.05) is 13.0 Å². The number of nitrogens with one attached hydrogen (secondary N) is 2. The molecule has 0 radical (unpaired) electrons. The third-order valence-corrected chi connectivity index (χ3v) is 7.36. The van der Waals surface area contributed by atoms with E-state index in [1.165, 1.54) is 0 Å². The molecule has 8 atom stereocenters. The Morgan fingerprint density at radius 2 is 1.91 bits per heavy atom. The third kappa shape index (κ3) is 7.84. The number of hydrogen-bond donors (Lipinski definition) is 3. The number of ether oxygens (including phenoxy) is 2. The van der Waals surface area contributed by atoms with Crippen LogP contribution in [0.15, 0.2) is 36.0 Å². The maximum atomic E-state index is 12.2. The molecule has 0 bridgehead atoms. The smallest absolute Gasteiger partial charge is 0.243 e. The molecule has 1 spiro atoms. The van der Waals surface area contributed by atoms with E-state index in [1.54, 1.807) is 13.0 Å². The van der Waals surface area contributed by atoms with Crippen LogP contribution in [0.1, 0.15) is 67.2 Å². The molecule has 7 nitrogen and oxygen atoms in total. The fourth-order valence-electron chi connectivity index (χ4n) is 5.08. The lowest BCUT2D eigenvalue weighted by atomic mass is 9.86. The van der Waals surface area contributed by atoms with Crippen LogP contribution in [-0.4, -0.2) is 65.4 Å². The molecule has 3 rings (SSSR count). The zero-order valence-corrected chi connectivity index (χ0v) is 22.1. The predicted molar refractivity (Wildman–Crippen MR) is 137 cm³/mol. The topological polar surface area (TPSA) is 107 Å². The molecule has 3 fully saturated rings. The normalized spacial score (nSPS) is 37.9. The van der Waals surface area contributed by atoms with E-state index in [-0.39, 0.29) is 41.6 Å². The SMILES string of the molecule is CC(=O)C[C@@H]1C[C@@]2(CN2)[C@H](O)[C@@H](/C=C/C(C)=C/C[C@@H]2O[C@H](C)[C@H](NC(=O)/C=C\C(C)C)C[C@@H]2C)O1. The summed E-state index contributed by atoms with van der Waals surface area (Å²) in [5, 5.41) is 17.1. The summed E-state index contributed by atoms with van der Waals surface area (Å²) in [6, 6.07) is 0.00627. The van der Waals surface area contributed by atoms with Gasteiger partial charge in [-0.3, -0.25) is 9.59 Å². The number of hydrogen-bond acceptors (Lipinski definition) is 6. The molecule has 1 amide bonds. The van der Waals surface area contributed by atoms with E-state index in [9.17, 15) is 14.7 Å². The molecule has 3 aliphatic rings. The standard InChI is InChI=1S/C28H44N2O5/c1-17(2)7-12-26(32)30-23-13-19(4)24(34-21(23)6)10-8-18(3)9-11-25-27(33)28(16-29-28)15-22(35-25)14-20(5)31/h7-9,11-12,17,19,21-25,27,29,33H,10,13-16H2,1-6H3,(H,30,32)/b11-9+,12-7-,18-8+/t19-,21+,22+,23+,24-,25+,27+,28+/m0/s1. The summed E-state index contributed by atoms with van der Waals surface area (Å²) < 4.78 is 12.3. The van der Waals surface area contributed by atoms with Crippen molar-refractivity contribution in [3.05, 3.63) is 36.0 Å². The summed E-state index contributed by atoms with van der Waals surface area (Å²) in [6.45, 7) is 12.7. The molecule has 3 N–H and O–H groups in total. The highest BCUT2D eigenvalue weighted by Crippen LogP contribution is 2.38. The fraction of sp³-hybridized carbons (Fsp3) is 0.714. The first-order valence-electron chi connectivity index (χ1n) is 13.1. The number of aliphatic hydroxyl groups is 1. The van der Waals surface area contributed by atoms with Gasteiger partial charge in [0.25, 0.3) is 0 Å². The van der Waals surface area contributed by atoms with Crippen LogP contribution >= 0.6 is 0 Å². The van der Waals surface area contributed by atoms with E-state index in [2.05, 4.69) is 23.6 Å². The molecule has 0 saturated carbocycles. The molecule has 0 aromatic carbocycles. The third-order valence-electron chi connectivity index (χ3n) is 7.36. The molecule has 0 aliphatic carbocycles. The summed E-state index contributed by atoms with van der Waals surface area (Å²) in [5.41, 5.74) is 0.758. The summed E-state index contributed by atoms with van der Waals surface area (Å²) in [7, 11) is 0. The zero-order chi connectivity index (χ0) is 25.8. The van der Waals surface area contributed by atoms with E-state index in [0.29, 0.717) is 24.7 Å². The average Bonchev–Trinajstić information content (AvgIpc) is 3.54. The Kier molecular flexibility index (Phi) is 9.49. The minimum Gasteiger partial charge on any atom is -0.388 e. The maximum Gasteiger partial charge on any atom is 0.243 e. The van der Waals surface area contributed by atoms with Gasteiger partial charge in [-0.1, -0.05) is 50.6 Å². The Morgan fingerprint density at radius 3 is 2.54 bits per heavy atom. The van der Waals surface area contributed by atoms with Crippen molar-refractivity contribution in [2.45, 2.75) is 109 Å². The van der Waals surface area contributed by atoms with Crippen molar-refractivity contribution in [2.24, 2.45) is 11.8 Å². The number of Topliss-reactive ketones (excluding diaryl/α,β-unsaturated/α-hetero) is 1. The van der Waals surface area contributed by atoms with Crippen molar-refractivity contribution < 1.29 is 24.2 Å². The maximum absolute atomic E-state index is 12.2. The first-order chi connectivity index (χ1) is 16.5. The summed E-state index contributed by atoms with van der Waals surface area (Å²) in [5.74, 6) is 0.696. The number of rotatable bonds is 9. The highest BCUT2D eigenvalue weighted by atomic mass is 16.5. The first-order valence-corrected chi connectivity index (χ1v) is 13.1. The quantitative estimate of drug-likeness (QED) is 0.261. The van der Waals surface area contributed by atoms with E-state index in [1.807, 2.05) is 45.9 Å². The second-order valence-electron chi connectivity index (χ2n) is 11.1. The van der Waals surface area contributed by atoms with Gasteiger partial charge in [-0.2, -0.15) is 0 Å². The number of carbonyl (C=O) groups excluding carboxylic acids is 2. The summed E-state index contributed by atoms with van der Waals surface area (Å²) in [4.78, 5) is 23.8. The van der Waals surface area contributed by atoms with Gasteiger partial charge in [0.15, 0.2) is 0 Å². The molecule has 196 valence electrons. The molecular formula is C28H44N2O5. The molecule has 0 unspecified atom stereocenters. The van der Waals surface area contributed by atoms with E-state index in [0.717, 1.165) is 25.0 Å². The number of aliphatic hydroxyl groups excluding tert-OH is 1. The Labute approximate surface area is 210 Å². The molecule has 3 saturated heterocycles. The monoisotopic (exact) mass is 488 g/mol. The zero-order valence-electron chi connectivity index (χ0n) is 22.1. The lowest BCUT2D eigenvalue weighted by Gasteiger charge is -2.39. The van der Waals surface area contributed by atoms with Crippen molar-refractivity contribution in [3.63, 3.8) is 0 Å². The Morgan fingerprint density at radius 1 is 1.20 bits per heavy atom. The second kappa shape index (κ2) is 12.0. The molecule has 7 heteroatoms. The number of amides is 1. The lowest BCUT2D eigenvalue weighted by molar-refractivity contribution is -0.133. The van der Waals surface area contributed by atoms with Gasteiger partial charge in [-0.05, 0) is 57.9 Å². The number of ketones is 1. The summed E-state index contributed by atoms with van der Waals surface area (Å²) in [6.07, 6.45) is 11.1. The van der Waals surface area contributed by atoms with Gasteiger partial charge in [-0.25, -0.2) is 0 Å². The van der Waals surface area contributed by atoms with Crippen LogP contribution in [0, 0.1) is 11.8 Å². The van der Waals surface area contributed by atoms with Crippen LogP contribution in [0.3, 0.4) is 0 Å². The van der Waals surface area contributed by atoms with E-state index < -0.39 is 12.2 Å². The highest BCUT2D eigenvalue weighted by molar-refractivity contribution is 5.87. The molecule has 0 aromatic rings. The second-order valence-corrected chi connectivity index (χ2v) is 11.1. The molecule has 3 aliphatic heterocycles. The first kappa shape index (κ1) is 27.8. The van der Waals surface area contributed by atoms with Crippen molar-refractivity contribution in [2.75, 3.05) is 6.54 Å². The van der Waals surface area contributed by atoms with Crippen molar-refractivity contribution in [1.82, 2.24) is 10.6 Å². The average molecular weight is 489 g/mol. The predicted octanol–water partition coefficient (Wildman–Crippen LogP) is 3.23. The van der Waals surface area contributed by atoms with Crippen molar-refractivity contribution >= 4 is 11.7 Å². The largest absolute Gasteiger partial charge is 0.388 e. The summed E-state index contributed by atoms with van der Waals surface area (Å²) >= 11 is 0. The molecule has 35 heavy (non-hydrogen) atoms. The molecule has 3 heterocycles. The fourth-order valence-corrected chi connectivity index (χ4v) is 5.08. The van der Waals surface area contributed by atoms with Gasteiger partial charge in [0.05, 0.1) is 29.9 Å². The van der Waals surface area contributed by atoms with Gasteiger partial charge >= 0.3 is 0 Å². The van der Waals surface area contributed by atoms with Crippen molar-refractivity contribution in [3.8, 4) is 0 Å². The minimum atomic E-state index is -0.625. The van der Waals surface area contributed by atoms with Crippen LogP contribution in [0.25, 0.3) is 0 Å². The lowest BCUT2D eigenvalue weighted by Crippen LogP contribution is -2.51. The Hall–Kier alpha value is -1.80. The van der Waals surface area contributed by atoms with Crippen LogP contribution in [-0.2, 0) is 19.1 Å². The molecule has 0 aromatic heterocycles. The minimum absolute atomic E-state index is 0.00627. The van der Waals surface area contributed by atoms with Gasteiger partial charge in [0.2, 0.25) is 5.91 Å². The van der Waals surface area contributed by atoms with E-state index in [4.69, 9.17) is 9.47 Å². The van der Waals surface area contributed by atoms with Gasteiger partial charge in [-0.15, -0.1) is 0 Å². The highest BCUT2D eigenvalue weighted by Gasteiger charge is 2.56. The number of allylic oxidation sites excluding steroid dienone is 3. The Balaban J connectivity index is 1.52.